The minimum absolute atomic E-state index is 0.0302. The second-order valence-corrected chi connectivity index (χ2v) is 39.5. The average molecular weight is 1880 g/mol. The fourth-order valence-corrected chi connectivity index (χ4v) is 23.8. The standard InChI is InChI=1S/C46H31N3.C45H25N3OS.C43H25N3O/c1-46(2)39-15-9-8-14-38(39)42-37-23-20-29-17-18-32-27-34(21-22-35(32)41(29)36(37)24-25-40(42)46)45-48-43(30-11-4-3-5-12-30)47-44(49-45)33-19-16-28-10-6-7-13-31(28)26-33;1-2-10-26(11-3-1)43-46-44(48-45(47-43)29-20-22-32-31-12-6-8-16-37(31)49-38(32)25-29)28-19-21-30-27(24-28)18-23-36-40(30)33-13-4-5-14-34(33)41-35-15-7-9-17-39(35)50-42(36)41;1-2-9-28(10-3-1)41-44-42(31-17-14-26-8-4-5-11-29(26)24-31)46-43(45-41)32-19-20-33-30(25-32)16-15-27-18-21-35-34(39(27)33)22-23-38-40(35)36-12-6-7-13-37(36)47-38/h3-27H,1-2H3;1-25H;1-25H. The van der Waals surface area contributed by atoms with Crippen LogP contribution in [0, 0.1) is 0 Å². The number of hydrogen-bond acceptors (Lipinski definition) is 12. The first-order valence-electron chi connectivity index (χ1n) is 49.3. The highest BCUT2D eigenvalue weighted by atomic mass is 32.1. The third kappa shape index (κ3) is 14.0. The molecule has 0 N–H and O–H groups in total. The first-order chi connectivity index (χ1) is 72.1. The van der Waals surface area contributed by atoms with Gasteiger partial charge in [-0.05, 0) is 208 Å². The zero-order valence-corrected chi connectivity index (χ0v) is 79.9. The highest BCUT2D eigenvalue weighted by Crippen LogP contribution is 2.54. The van der Waals surface area contributed by atoms with Gasteiger partial charge in [0, 0.05) is 103 Å². The summed E-state index contributed by atoms with van der Waals surface area (Å²) in [5.41, 5.74) is 17.5. The molecule has 146 heavy (non-hydrogen) atoms. The van der Waals surface area contributed by atoms with Crippen LogP contribution < -0.4 is 0 Å². The second-order valence-electron chi connectivity index (χ2n) is 38.4. The van der Waals surface area contributed by atoms with Gasteiger partial charge in [-0.25, -0.2) is 44.9 Å². The third-order valence-corrected chi connectivity index (χ3v) is 30.8. The molecule has 0 aliphatic heterocycles. The topological polar surface area (TPSA) is 142 Å². The molecule has 0 saturated carbocycles. The van der Waals surface area contributed by atoms with E-state index in [1.807, 2.05) is 127 Å². The fourth-order valence-electron chi connectivity index (χ4n) is 22.6. The molecule has 11 nitrogen and oxygen atoms in total. The number of nitrogens with zero attached hydrogens (tertiary/aromatic N) is 9. The lowest BCUT2D eigenvalue weighted by atomic mass is 9.82. The molecule has 30 aromatic rings. The van der Waals surface area contributed by atoms with Crippen molar-refractivity contribution < 1.29 is 8.83 Å². The van der Waals surface area contributed by atoms with E-state index in [-0.39, 0.29) is 5.41 Å². The van der Waals surface area contributed by atoms with E-state index in [1.165, 1.54) is 134 Å². The molecule has 31 rings (SSSR count). The maximum absolute atomic E-state index is 6.23. The van der Waals surface area contributed by atoms with Crippen molar-refractivity contribution in [2.24, 2.45) is 0 Å². The van der Waals surface area contributed by atoms with Crippen molar-refractivity contribution in [3.05, 3.63) is 466 Å². The van der Waals surface area contributed by atoms with Gasteiger partial charge >= 0.3 is 0 Å². The molecule has 1 aliphatic carbocycles. The summed E-state index contributed by atoms with van der Waals surface area (Å²) in [5.74, 6) is 5.81. The van der Waals surface area contributed by atoms with Crippen LogP contribution in [0.5, 0.6) is 0 Å². The third-order valence-electron chi connectivity index (χ3n) is 29.6. The van der Waals surface area contributed by atoms with Gasteiger partial charge < -0.3 is 8.83 Å². The van der Waals surface area contributed by atoms with Crippen molar-refractivity contribution in [2.75, 3.05) is 0 Å². The lowest BCUT2D eigenvalue weighted by molar-refractivity contribution is 0.661. The fraction of sp³-hybridized carbons (Fsp3) is 0.0224. The number of aromatic nitrogens is 9. The van der Waals surface area contributed by atoms with E-state index in [4.69, 9.17) is 53.7 Å². The maximum Gasteiger partial charge on any atom is 0.164 e. The van der Waals surface area contributed by atoms with Crippen molar-refractivity contribution in [1.82, 2.24) is 44.9 Å². The summed E-state index contributed by atoms with van der Waals surface area (Å²) in [7, 11) is 0. The van der Waals surface area contributed by atoms with Crippen molar-refractivity contribution >= 4 is 194 Å². The first-order valence-corrected chi connectivity index (χ1v) is 50.1. The second kappa shape index (κ2) is 33.6. The molecule has 0 saturated heterocycles. The summed E-state index contributed by atoms with van der Waals surface area (Å²) < 4.78 is 15.1. The van der Waals surface area contributed by atoms with Gasteiger partial charge in [-0.2, -0.15) is 0 Å². The van der Waals surface area contributed by atoms with Crippen LogP contribution in [-0.2, 0) is 5.41 Å². The molecule has 0 atom stereocenters. The summed E-state index contributed by atoms with van der Waals surface area (Å²) in [6, 6.07) is 160. The number of para-hydroxylation sites is 2. The molecule has 0 fully saturated rings. The highest BCUT2D eigenvalue weighted by molar-refractivity contribution is 7.27. The smallest absolute Gasteiger partial charge is 0.164 e. The monoisotopic (exact) mass is 1880 g/mol. The Morgan fingerprint density at radius 2 is 0.500 bits per heavy atom. The Morgan fingerprint density at radius 1 is 0.178 bits per heavy atom. The average Bonchev–Trinajstić information content (AvgIpc) is 1.56. The Balaban J connectivity index is 0.000000104. The number of rotatable bonds is 9. The lowest BCUT2D eigenvalue weighted by Gasteiger charge is -2.21. The zero-order valence-electron chi connectivity index (χ0n) is 79.1. The van der Waals surface area contributed by atoms with Crippen LogP contribution in [0.4, 0.5) is 0 Å². The van der Waals surface area contributed by atoms with Gasteiger partial charge in [-0.3, -0.25) is 0 Å². The van der Waals surface area contributed by atoms with Gasteiger partial charge in [-0.15, -0.1) is 11.3 Å². The number of hydrogen-bond donors (Lipinski definition) is 0. The number of thiophene rings is 1. The normalized spacial score (nSPS) is 12.4. The van der Waals surface area contributed by atoms with Crippen LogP contribution in [0.2, 0.25) is 0 Å². The van der Waals surface area contributed by atoms with E-state index in [1.54, 1.807) is 0 Å². The van der Waals surface area contributed by atoms with E-state index in [9.17, 15) is 0 Å². The SMILES string of the molecule is CC1(C)c2ccccc2-c2c1ccc1c2ccc2ccc3cc(-c4nc(-c5ccccc5)nc(-c5ccc6ccccc6c5)n4)ccc3c21.c1ccc(-c2nc(-c3ccc4c(ccc5c6sc7ccccc7c6c6ccccc6c45)c3)nc(-c3ccc4c(c3)oc3ccccc34)n2)cc1.c1ccc(-c2nc(-c3ccc4ccccc4c3)nc(-c3ccc4c(ccc5ccc6c(ccc7oc8ccccc8c76)c54)c3)n2)cc1. The summed E-state index contributed by atoms with van der Waals surface area (Å²) >= 11 is 1.88. The Morgan fingerprint density at radius 3 is 1.04 bits per heavy atom. The van der Waals surface area contributed by atoms with Gasteiger partial charge in [0.25, 0.3) is 0 Å². The van der Waals surface area contributed by atoms with E-state index >= 15 is 0 Å². The molecular weight excluding hydrogens is 1800 g/mol. The van der Waals surface area contributed by atoms with E-state index in [0.717, 1.165) is 121 Å². The largest absolute Gasteiger partial charge is 0.456 e. The van der Waals surface area contributed by atoms with Crippen molar-refractivity contribution in [3.8, 4) is 114 Å². The highest BCUT2D eigenvalue weighted by Gasteiger charge is 2.37. The molecule has 680 valence electrons. The maximum atomic E-state index is 6.23. The van der Waals surface area contributed by atoms with E-state index < -0.39 is 0 Å². The van der Waals surface area contributed by atoms with Gasteiger partial charge in [0.05, 0.1) is 0 Å². The molecule has 6 aromatic heterocycles. The van der Waals surface area contributed by atoms with Crippen LogP contribution in [0.15, 0.2) is 464 Å². The molecule has 0 unspecified atom stereocenters. The van der Waals surface area contributed by atoms with Crippen LogP contribution >= 0.6 is 11.3 Å². The molecule has 24 aromatic carbocycles. The molecule has 0 radical (unpaired) electrons. The van der Waals surface area contributed by atoms with Crippen LogP contribution in [0.3, 0.4) is 0 Å². The molecule has 0 bridgehead atoms. The van der Waals surface area contributed by atoms with Crippen molar-refractivity contribution in [3.63, 3.8) is 0 Å². The van der Waals surface area contributed by atoms with Crippen molar-refractivity contribution in [1.29, 1.82) is 0 Å². The molecular formula is C134H81N9O2S. The number of furan rings is 2. The first kappa shape index (κ1) is 83.9. The quantitative estimate of drug-likeness (QED) is 0.127. The molecule has 0 amide bonds. The molecule has 12 heteroatoms. The van der Waals surface area contributed by atoms with Crippen LogP contribution in [-0.4, -0.2) is 44.9 Å². The summed E-state index contributed by atoms with van der Waals surface area (Å²) in [5, 5.41) is 34.0. The van der Waals surface area contributed by atoms with Crippen molar-refractivity contribution in [2.45, 2.75) is 19.3 Å². The number of benzene rings is 24. The predicted molar refractivity (Wildman–Crippen MR) is 606 cm³/mol. The minimum atomic E-state index is -0.0302. The summed E-state index contributed by atoms with van der Waals surface area (Å²) in [6.45, 7) is 4.69. The Bertz CT molecular complexity index is 10700. The minimum Gasteiger partial charge on any atom is -0.456 e. The van der Waals surface area contributed by atoms with Gasteiger partial charge in [-0.1, -0.05) is 396 Å². The Hall–Kier alpha value is -19.0. The van der Waals surface area contributed by atoms with Gasteiger partial charge in [0.2, 0.25) is 0 Å². The van der Waals surface area contributed by atoms with Gasteiger partial charge in [0.15, 0.2) is 52.4 Å². The Kier molecular flexibility index (Phi) is 19.3. The van der Waals surface area contributed by atoms with E-state index in [0.29, 0.717) is 52.4 Å². The summed E-state index contributed by atoms with van der Waals surface area (Å²) in [6.07, 6.45) is 0. The zero-order chi connectivity index (χ0) is 96.3. The molecule has 6 heterocycles. The lowest BCUT2D eigenvalue weighted by Crippen LogP contribution is -2.14. The predicted octanol–water partition coefficient (Wildman–Crippen LogP) is 35.8. The molecule has 0 spiro atoms. The van der Waals surface area contributed by atoms with Gasteiger partial charge in [0.1, 0.15) is 22.3 Å². The van der Waals surface area contributed by atoms with Crippen LogP contribution in [0.1, 0.15) is 25.0 Å². The number of fused-ring (bicyclic) bond motifs is 33. The van der Waals surface area contributed by atoms with E-state index in [2.05, 4.69) is 354 Å². The molecule has 1 aliphatic rings. The Labute approximate surface area is 840 Å². The summed E-state index contributed by atoms with van der Waals surface area (Å²) in [4.78, 5) is 45.2. The van der Waals surface area contributed by atoms with Crippen LogP contribution in [0.25, 0.3) is 296 Å².